The average Bonchev–Trinajstić information content (AvgIpc) is 3.12. The van der Waals surface area contributed by atoms with Crippen LogP contribution >= 0.6 is 0 Å². The van der Waals surface area contributed by atoms with E-state index in [1.165, 1.54) is 5.56 Å². The molecular weight excluding hydrogens is 302 g/mol. The number of nitrogens with one attached hydrogen (secondary N) is 2. The molecule has 0 saturated carbocycles. The van der Waals surface area contributed by atoms with Gasteiger partial charge in [0.05, 0.1) is 7.11 Å². The van der Waals surface area contributed by atoms with Crippen LogP contribution < -0.4 is 15.4 Å². The number of aromatic nitrogens is 2. The van der Waals surface area contributed by atoms with Gasteiger partial charge in [-0.25, -0.2) is 0 Å². The first-order valence-electron chi connectivity index (χ1n) is 8.44. The molecule has 0 saturated heterocycles. The van der Waals surface area contributed by atoms with E-state index in [9.17, 15) is 0 Å². The molecule has 0 fully saturated rings. The van der Waals surface area contributed by atoms with Gasteiger partial charge in [-0.2, -0.15) is 5.10 Å². The summed E-state index contributed by atoms with van der Waals surface area (Å²) < 4.78 is 7.18. The normalized spacial score (nSPS) is 11.3. The van der Waals surface area contributed by atoms with Crippen LogP contribution in [-0.4, -0.2) is 42.5 Å². The Morgan fingerprint density at radius 2 is 2.21 bits per heavy atom. The van der Waals surface area contributed by atoms with Crippen molar-refractivity contribution < 1.29 is 4.74 Å². The fourth-order valence-electron chi connectivity index (χ4n) is 2.35. The van der Waals surface area contributed by atoms with Gasteiger partial charge < -0.3 is 15.4 Å². The van der Waals surface area contributed by atoms with Gasteiger partial charge in [0.25, 0.3) is 0 Å². The first kappa shape index (κ1) is 17.8. The van der Waals surface area contributed by atoms with Crippen molar-refractivity contribution in [1.29, 1.82) is 0 Å². The van der Waals surface area contributed by atoms with Gasteiger partial charge in [0.1, 0.15) is 5.75 Å². The minimum absolute atomic E-state index is 0.772. The second-order valence-electron chi connectivity index (χ2n) is 5.41. The van der Waals surface area contributed by atoms with E-state index in [0.717, 1.165) is 50.7 Å². The summed E-state index contributed by atoms with van der Waals surface area (Å²) in [5.41, 5.74) is 1.25. The van der Waals surface area contributed by atoms with Crippen LogP contribution in [0.3, 0.4) is 0 Å². The number of hydrogen-bond acceptors (Lipinski definition) is 3. The van der Waals surface area contributed by atoms with E-state index in [-0.39, 0.29) is 0 Å². The molecule has 2 aromatic rings. The van der Waals surface area contributed by atoms with E-state index < -0.39 is 0 Å². The van der Waals surface area contributed by atoms with Crippen LogP contribution in [0.1, 0.15) is 18.9 Å². The van der Waals surface area contributed by atoms with Gasteiger partial charge in [0.15, 0.2) is 5.96 Å². The lowest BCUT2D eigenvalue weighted by atomic mass is 10.1. The van der Waals surface area contributed by atoms with Gasteiger partial charge in [-0.15, -0.1) is 0 Å². The number of rotatable bonds is 9. The largest absolute Gasteiger partial charge is 0.497 e. The number of aryl methyl sites for hydroxylation is 1. The molecule has 0 spiro atoms. The highest BCUT2D eigenvalue weighted by Crippen LogP contribution is 2.12. The van der Waals surface area contributed by atoms with Crippen molar-refractivity contribution in [2.24, 2.45) is 4.99 Å². The van der Waals surface area contributed by atoms with E-state index in [2.05, 4.69) is 39.8 Å². The Balaban J connectivity index is 1.74. The van der Waals surface area contributed by atoms with Crippen molar-refractivity contribution in [3.05, 3.63) is 48.3 Å². The molecule has 0 unspecified atom stereocenters. The third-order valence-corrected chi connectivity index (χ3v) is 3.56. The molecule has 1 aromatic carbocycles. The third-order valence-electron chi connectivity index (χ3n) is 3.56. The van der Waals surface area contributed by atoms with Gasteiger partial charge in [-0.1, -0.05) is 12.1 Å². The van der Waals surface area contributed by atoms with Crippen LogP contribution in [0.4, 0.5) is 0 Å². The van der Waals surface area contributed by atoms with E-state index in [1.54, 1.807) is 13.3 Å². The molecule has 0 aliphatic heterocycles. The summed E-state index contributed by atoms with van der Waals surface area (Å²) >= 11 is 0. The van der Waals surface area contributed by atoms with E-state index in [1.807, 2.05) is 29.1 Å². The third kappa shape index (κ3) is 6.32. The summed E-state index contributed by atoms with van der Waals surface area (Å²) in [4.78, 5) is 4.61. The van der Waals surface area contributed by atoms with Crippen LogP contribution in [0.15, 0.2) is 47.7 Å². The molecule has 24 heavy (non-hydrogen) atoms. The number of benzene rings is 1. The van der Waals surface area contributed by atoms with Gasteiger partial charge in [0.2, 0.25) is 0 Å². The highest BCUT2D eigenvalue weighted by molar-refractivity contribution is 5.79. The molecular formula is C18H27N5O. The monoisotopic (exact) mass is 329 g/mol. The van der Waals surface area contributed by atoms with Gasteiger partial charge in [-0.3, -0.25) is 9.67 Å². The summed E-state index contributed by atoms with van der Waals surface area (Å²) in [6.07, 6.45) is 5.66. The molecule has 0 atom stereocenters. The number of guanidine groups is 1. The van der Waals surface area contributed by atoms with Crippen molar-refractivity contribution in [2.45, 2.75) is 26.3 Å². The summed E-state index contributed by atoms with van der Waals surface area (Å²) in [6.45, 7) is 5.42. The number of aliphatic imine (C=N–C) groups is 1. The van der Waals surface area contributed by atoms with Gasteiger partial charge in [-0.05, 0) is 43.5 Å². The summed E-state index contributed by atoms with van der Waals surface area (Å²) in [6, 6.07) is 10.1. The topological polar surface area (TPSA) is 63.5 Å². The maximum absolute atomic E-state index is 5.25. The zero-order chi connectivity index (χ0) is 17.0. The fraction of sp³-hybridized carbons (Fsp3) is 0.444. The molecule has 0 bridgehead atoms. The van der Waals surface area contributed by atoms with Crippen molar-refractivity contribution in [1.82, 2.24) is 20.4 Å². The SMILES string of the molecule is CCNC(=NCCCn1cccn1)NCCc1cccc(OC)c1. The van der Waals surface area contributed by atoms with Crippen molar-refractivity contribution in [2.75, 3.05) is 26.7 Å². The average molecular weight is 329 g/mol. The first-order chi connectivity index (χ1) is 11.8. The predicted octanol–water partition coefficient (Wildman–Crippen LogP) is 2.08. The second kappa shape index (κ2) is 10.3. The highest BCUT2D eigenvalue weighted by Gasteiger charge is 1.99. The molecule has 130 valence electrons. The number of ether oxygens (including phenoxy) is 1. The lowest BCUT2D eigenvalue weighted by Crippen LogP contribution is -2.38. The minimum Gasteiger partial charge on any atom is -0.497 e. The standard InChI is InChI=1S/C18H27N5O/c1-3-19-18(20-10-5-13-23-14-6-11-22-23)21-12-9-16-7-4-8-17(15-16)24-2/h4,6-8,11,14-15H,3,5,9-10,12-13H2,1-2H3,(H2,19,20,21). The number of hydrogen-bond donors (Lipinski definition) is 2. The van der Waals surface area contributed by atoms with Crippen molar-refractivity contribution >= 4 is 5.96 Å². The fourth-order valence-corrected chi connectivity index (χ4v) is 2.35. The smallest absolute Gasteiger partial charge is 0.191 e. The molecule has 6 heteroatoms. The molecule has 0 aliphatic rings. The molecule has 0 radical (unpaired) electrons. The molecule has 1 heterocycles. The Kier molecular flexibility index (Phi) is 7.67. The maximum atomic E-state index is 5.25. The summed E-state index contributed by atoms with van der Waals surface area (Å²) in [5, 5.41) is 10.8. The maximum Gasteiger partial charge on any atom is 0.191 e. The summed E-state index contributed by atoms with van der Waals surface area (Å²) in [5.74, 6) is 1.76. The molecule has 1 aromatic heterocycles. The molecule has 0 aliphatic carbocycles. The van der Waals surface area contributed by atoms with E-state index >= 15 is 0 Å². The van der Waals surface area contributed by atoms with Gasteiger partial charge >= 0.3 is 0 Å². The second-order valence-corrected chi connectivity index (χ2v) is 5.41. The Morgan fingerprint density at radius 1 is 1.29 bits per heavy atom. The van der Waals surface area contributed by atoms with Crippen LogP contribution in [0.2, 0.25) is 0 Å². The van der Waals surface area contributed by atoms with Crippen LogP contribution in [-0.2, 0) is 13.0 Å². The number of nitrogens with zero attached hydrogens (tertiary/aromatic N) is 3. The lowest BCUT2D eigenvalue weighted by Gasteiger charge is -2.11. The molecule has 2 rings (SSSR count). The Labute approximate surface area is 143 Å². The van der Waals surface area contributed by atoms with Crippen molar-refractivity contribution in [3.63, 3.8) is 0 Å². The number of methoxy groups -OCH3 is 1. The van der Waals surface area contributed by atoms with E-state index in [0.29, 0.717) is 0 Å². The highest BCUT2D eigenvalue weighted by atomic mass is 16.5. The van der Waals surface area contributed by atoms with Crippen molar-refractivity contribution in [3.8, 4) is 5.75 Å². The Morgan fingerprint density at radius 3 is 2.96 bits per heavy atom. The molecule has 0 amide bonds. The molecule has 2 N–H and O–H groups in total. The Bertz CT molecular complexity index is 610. The molecule has 6 nitrogen and oxygen atoms in total. The predicted molar refractivity (Wildman–Crippen MR) is 97.5 cm³/mol. The first-order valence-corrected chi connectivity index (χ1v) is 8.44. The van der Waals surface area contributed by atoms with Crippen LogP contribution in [0.25, 0.3) is 0 Å². The van der Waals surface area contributed by atoms with E-state index in [4.69, 9.17) is 4.74 Å². The lowest BCUT2D eigenvalue weighted by molar-refractivity contribution is 0.414. The van der Waals surface area contributed by atoms with Crippen LogP contribution in [0.5, 0.6) is 5.75 Å². The Hall–Kier alpha value is -2.50. The minimum atomic E-state index is 0.772. The van der Waals surface area contributed by atoms with Gasteiger partial charge in [0, 0.05) is 38.6 Å². The zero-order valence-corrected chi connectivity index (χ0v) is 14.5. The summed E-state index contributed by atoms with van der Waals surface area (Å²) in [7, 11) is 1.69. The zero-order valence-electron chi connectivity index (χ0n) is 14.5. The van der Waals surface area contributed by atoms with Crippen LogP contribution in [0, 0.1) is 0 Å². The quantitative estimate of drug-likeness (QED) is 0.420.